The molecule has 4 N–H and O–H groups in total. The van der Waals surface area contributed by atoms with Crippen molar-refractivity contribution in [1.82, 2.24) is 15.1 Å². The van der Waals surface area contributed by atoms with Crippen molar-refractivity contribution < 1.29 is 34.7 Å². The number of nitrogens with zero attached hydrogens (tertiary/aromatic N) is 4. The van der Waals surface area contributed by atoms with Crippen LogP contribution in [-0.2, 0) is 9.53 Å². The number of aromatic nitrogens is 2. The van der Waals surface area contributed by atoms with E-state index in [1.807, 2.05) is 12.1 Å². The number of amides is 1. The molecule has 13 heteroatoms. The lowest BCUT2D eigenvalue weighted by Crippen LogP contribution is -2.64. The van der Waals surface area contributed by atoms with Gasteiger partial charge in [0.25, 0.3) is 5.91 Å². The van der Waals surface area contributed by atoms with E-state index in [1.165, 1.54) is 9.80 Å². The molecule has 6 atom stereocenters. The van der Waals surface area contributed by atoms with Gasteiger partial charge in [0.05, 0.1) is 13.7 Å². The number of hydrogen-bond acceptors (Lipinski definition) is 11. The number of benzene rings is 1. The zero-order chi connectivity index (χ0) is 23.2. The van der Waals surface area contributed by atoms with Crippen molar-refractivity contribution in [2.45, 2.75) is 43.6 Å². The summed E-state index contributed by atoms with van der Waals surface area (Å²) in [4.78, 5) is 15.6. The summed E-state index contributed by atoms with van der Waals surface area (Å²) in [6, 6.07) is 6.35. The number of ether oxygens (including phenoxy) is 2. The van der Waals surface area contributed by atoms with Crippen LogP contribution in [0.1, 0.15) is 6.92 Å². The van der Waals surface area contributed by atoms with Gasteiger partial charge in [-0.25, -0.2) is 4.90 Å². The zero-order valence-electron chi connectivity index (χ0n) is 17.1. The van der Waals surface area contributed by atoms with Crippen molar-refractivity contribution in [3.05, 3.63) is 24.3 Å². The van der Waals surface area contributed by atoms with E-state index in [4.69, 9.17) is 21.7 Å². The van der Waals surface area contributed by atoms with Crippen LogP contribution in [0.2, 0.25) is 0 Å². The maximum absolute atomic E-state index is 13.0. The molecule has 32 heavy (non-hydrogen) atoms. The van der Waals surface area contributed by atoms with Gasteiger partial charge in [0.2, 0.25) is 5.13 Å². The van der Waals surface area contributed by atoms with Gasteiger partial charge in [0, 0.05) is 5.56 Å². The van der Waals surface area contributed by atoms with Gasteiger partial charge in [-0.05, 0) is 43.4 Å². The lowest BCUT2D eigenvalue weighted by Gasteiger charge is -2.44. The third-order valence-corrected chi connectivity index (χ3v) is 6.84. The number of thiocarbonyl (C=S) groups is 1. The first-order valence-corrected chi connectivity index (χ1v) is 11.0. The third kappa shape index (κ3) is 3.75. The van der Waals surface area contributed by atoms with Crippen LogP contribution in [0.3, 0.4) is 0 Å². The Hall–Kier alpha value is -2.26. The van der Waals surface area contributed by atoms with Gasteiger partial charge in [0.1, 0.15) is 41.2 Å². The Bertz CT molecular complexity index is 1000. The summed E-state index contributed by atoms with van der Waals surface area (Å²) in [5, 5.41) is 49.1. The van der Waals surface area contributed by atoms with Crippen LogP contribution in [-0.4, -0.2) is 96.9 Å². The smallest absolute Gasteiger partial charge is 0.257 e. The van der Waals surface area contributed by atoms with Crippen LogP contribution < -0.4 is 9.64 Å². The molecule has 1 aromatic carbocycles. The Morgan fingerprint density at radius 3 is 2.47 bits per heavy atom. The normalized spacial score (nSPS) is 30.8. The van der Waals surface area contributed by atoms with Crippen LogP contribution in [0.4, 0.5) is 5.13 Å². The van der Waals surface area contributed by atoms with Crippen molar-refractivity contribution in [3.8, 4) is 16.3 Å². The molecule has 0 saturated carbocycles. The second kappa shape index (κ2) is 8.94. The summed E-state index contributed by atoms with van der Waals surface area (Å²) < 4.78 is 10.7. The van der Waals surface area contributed by atoms with Gasteiger partial charge >= 0.3 is 0 Å². The maximum Gasteiger partial charge on any atom is 0.257 e. The molecule has 2 saturated heterocycles. The summed E-state index contributed by atoms with van der Waals surface area (Å²) in [6.45, 7) is 0.983. The Balaban J connectivity index is 1.60. The van der Waals surface area contributed by atoms with E-state index in [-0.39, 0.29) is 10.2 Å². The van der Waals surface area contributed by atoms with Crippen LogP contribution in [0, 0.1) is 0 Å². The van der Waals surface area contributed by atoms with E-state index in [1.54, 1.807) is 26.2 Å². The second-order valence-corrected chi connectivity index (χ2v) is 8.70. The highest BCUT2D eigenvalue weighted by molar-refractivity contribution is 7.80. The molecule has 11 nitrogen and oxygen atoms in total. The first-order chi connectivity index (χ1) is 15.3. The number of carbonyl (C=O) groups is 1. The lowest BCUT2D eigenvalue weighted by atomic mass is 9.97. The van der Waals surface area contributed by atoms with Gasteiger partial charge in [-0.15, -0.1) is 10.2 Å². The van der Waals surface area contributed by atoms with Gasteiger partial charge in [0.15, 0.2) is 11.3 Å². The Kier molecular flexibility index (Phi) is 6.40. The van der Waals surface area contributed by atoms with Crippen molar-refractivity contribution >= 4 is 39.7 Å². The molecule has 1 aromatic heterocycles. The molecule has 3 heterocycles. The monoisotopic (exact) mass is 482 g/mol. The molecule has 0 radical (unpaired) electrons. The minimum atomic E-state index is -1.59. The van der Waals surface area contributed by atoms with Crippen molar-refractivity contribution in [2.75, 3.05) is 18.6 Å². The molecule has 2 fully saturated rings. The molecule has 2 aliphatic heterocycles. The predicted octanol–water partition coefficient (Wildman–Crippen LogP) is -0.664. The van der Waals surface area contributed by atoms with E-state index in [9.17, 15) is 25.2 Å². The number of methoxy groups -OCH3 is 1. The Morgan fingerprint density at radius 1 is 1.16 bits per heavy atom. The van der Waals surface area contributed by atoms with Crippen LogP contribution in [0.15, 0.2) is 24.3 Å². The molecule has 0 spiro atoms. The maximum atomic E-state index is 13.0. The summed E-state index contributed by atoms with van der Waals surface area (Å²) in [5.74, 6) is 0.280. The molecule has 172 valence electrons. The highest BCUT2D eigenvalue weighted by atomic mass is 32.1. The predicted molar refractivity (Wildman–Crippen MR) is 117 cm³/mol. The largest absolute Gasteiger partial charge is 0.497 e. The Labute approximate surface area is 192 Å². The number of aliphatic hydroxyl groups is 4. The zero-order valence-corrected chi connectivity index (χ0v) is 18.7. The first-order valence-electron chi connectivity index (χ1n) is 9.73. The van der Waals surface area contributed by atoms with E-state index in [0.717, 1.165) is 16.9 Å². The fraction of sp³-hybridized carbons (Fsp3) is 0.474. The summed E-state index contributed by atoms with van der Waals surface area (Å²) in [7, 11) is 1.57. The Morgan fingerprint density at radius 2 is 1.84 bits per heavy atom. The van der Waals surface area contributed by atoms with Crippen molar-refractivity contribution in [3.63, 3.8) is 0 Å². The molecule has 1 unspecified atom stereocenters. The standard InChI is InChI=1S/C19H22N4O7S2/c1-8-16(28)23(18-21-20-15(32-18)9-3-5-10(29-2)6-4-9)19(31)22(8)17-14(27)13(26)12(25)11(7-24)30-17/h3-6,8,11-14,17,24-27H,7H2,1-2H3/t8?,11-,12-,13+,14-,17-/m1/s1. The molecule has 2 aliphatic rings. The quantitative estimate of drug-likeness (QED) is 0.402. The SMILES string of the molecule is COc1ccc(-c2nnc(N3C(=O)C(C)N([C@@H]4O[C@H](CO)[C@@H](O)[C@H](O)[C@H]4O)C3=S)s2)cc1. The van der Waals surface area contributed by atoms with Crippen molar-refractivity contribution in [1.29, 1.82) is 0 Å². The van der Waals surface area contributed by atoms with Gasteiger partial charge in [-0.1, -0.05) is 11.3 Å². The molecule has 0 aliphatic carbocycles. The van der Waals surface area contributed by atoms with E-state index in [0.29, 0.717) is 10.8 Å². The lowest BCUT2D eigenvalue weighted by molar-refractivity contribution is -0.256. The molecule has 1 amide bonds. The minimum absolute atomic E-state index is 0.00394. The fourth-order valence-corrected chi connectivity index (χ4v) is 5.01. The van der Waals surface area contributed by atoms with Crippen LogP contribution in [0.25, 0.3) is 10.6 Å². The van der Waals surface area contributed by atoms with E-state index >= 15 is 0 Å². The number of hydrogen-bond donors (Lipinski definition) is 4. The van der Waals surface area contributed by atoms with Crippen molar-refractivity contribution in [2.24, 2.45) is 0 Å². The van der Waals surface area contributed by atoms with E-state index < -0.39 is 49.2 Å². The second-order valence-electron chi connectivity index (χ2n) is 7.38. The first kappa shape index (κ1) is 22.9. The minimum Gasteiger partial charge on any atom is -0.497 e. The number of aliphatic hydroxyl groups excluding tert-OH is 4. The average Bonchev–Trinajstić information content (AvgIpc) is 3.36. The van der Waals surface area contributed by atoms with Crippen LogP contribution >= 0.6 is 23.6 Å². The van der Waals surface area contributed by atoms with Gasteiger partial charge in [-0.3, -0.25) is 4.79 Å². The molecular weight excluding hydrogens is 460 g/mol. The highest BCUT2D eigenvalue weighted by Crippen LogP contribution is 2.35. The summed E-state index contributed by atoms with van der Waals surface area (Å²) in [6.07, 6.45) is -7.05. The number of anilines is 1. The fourth-order valence-electron chi connectivity index (χ4n) is 3.65. The average molecular weight is 483 g/mol. The third-order valence-electron chi connectivity index (χ3n) is 5.49. The summed E-state index contributed by atoms with van der Waals surface area (Å²) in [5.41, 5.74) is 0.783. The number of carbonyl (C=O) groups excluding carboxylic acids is 1. The number of rotatable bonds is 5. The van der Waals surface area contributed by atoms with Crippen LogP contribution in [0.5, 0.6) is 5.75 Å². The van der Waals surface area contributed by atoms with Gasteiger partial charge < -0.3 is 34.8 Å². The molecule has 4 rings (SSSR count). The molecular formula is C19H22N4O7S2. The molecule has 2 aromatic rings. The highest BCUT2D eigenvalue weighted by Gasteiger charge is 2.53. The van der Waals surface area contributed by atoms with Gasteiger partial charge in [-0.2, -0.15) is 0 Å². The molecule has 0 bridgehead atoms. The summed E-state index contributed by atoms with van der Waals surface area (Å²) >= 11 is 6.65. The van der Waals surface area contributed by atoms with E-state index in [2.05, 4.69) is 10.2 Å². The topological polar surface area (TPSA) is 149 Å².